The van der Waals surface area contributed by atoms with E-state index in [1.165, 1.54) is 21.0 Å². The molecule has 0 saturated carbocycles. The molecule has 1 saturated heterocycles. The highest BCUT2D eigenvalue weighted by molar-refractivity contribution is 7.89. The van der Waals surface area contributed by atoms with Crippen molar-refractivity contribution in [2.45, 2.75) is 57.9 Å². The molecule has 1 N–H and O–H groups in total. The topological polar surface area (TPSA) is 102 Å². The number of fused-ring (bicyclic) bond motifs is 1. The van der Waals surface area contributed by atoms with Crippen LogP contribution in [-0.2, 0) is 21.4 Å². The monoisotopic (exact) mass is 485 g/mol. The van der Waals surface area contributed by atoms with Gasteiger partial charge in [0.2, 0.25) is 15.9 Å². The Morgan fingerprint density at radius 2 is 1.76 bits per heavy atom. The summed E-state index contributed by atoms with van der Waals surface area (Å²) in [6, 6.07) is 10.5. The number of benzene rings is 2. The molecule has 1 aliphatic heterocycles. The minimum absolute atomic E-state index is 0.0524. The molecular weight excluding hydrogens is 454 g/mol. The second kappa shape index (κ2) is 9.76. The van der Waals surface area contributed by atoms with E-state index < -0.39 is 15.8 Å². The van der Waals surface area contributed by atoms with E-state index >= 15 is 0 Å². The number of carbonyl (C=O) groups is 1. The van der Waals surface area contributed by atoms with Gasteiger partial charge in [0.05, 0.1) is 10.4 Å². The third-order valence-electron chi connectivity index (χ3n) is 6.28. The highest BCUT2D eigenvalue weighted by Gasteiger charge is 2.31. The molecule has 0 spiro atoms. The van der Waals surface area contributed by atoms with Crippen molar-refractivity contribution >= 4 is 32.7 Å². The number of aromatic nitrogens is 1. The number of carbonyl (C=O) groups excluding carboxylic acids is 1. The number of rotatable bonds is 7. The second-order valence-corrected chi connectivity index (χ2v) is 11.1. The van der Waals surface area contributed by atoms with Gasteiger partial charge in [0, 0.05) is 37.8 Å². The Morgan fingerprint density at radius 1 is 1.09 bits per heavy atom. The van der Waals surface area contributed by atoms with Crippen LogP contribution in [-0.4, -0.2) is 36.3 Å². The third kappa shape index (κ3) is 5.10. The van der Waals surface area contributed by atoms with E-state index in [2.05, 4.69) is 11.4 Å². The summed E-state index contributed by atoms with van der Waals surface area (Å²) >= 11 is 0. The van der Waals surface area contributed by atoms with Crippen LogP contribution < -0.4 is 11.1 Å². The summed E-state index contributed by atoms with van der Waals surface area (Å²) in [6.07, 6.45) is 2.36. The summed E-state index contributed by atoms with van der Waals surface area (Å²) < 4.78 is 34.6. The summed E-state index contributed by atoms with van der Waals surface area (Å²) in [6.45, 7) is 7.16. The van der Waals surface area contributed by atoms with Gasteiger partial charge >= 0.3 is 5.76 Å². The summed E-state index contributed by atoms with van der Waals surface area (Å²) in [5, 5.41) is 2.96. The molecule has 1 aromatic heterocycles. The van der Waals surface area contributed by atoms with Crippen LogP contribution >= 0.6 is 0 Å². The van der Waals surface area contributed by atoms with Crippen molar-refractivity contribution in [1.82, 2.24) is 8.87 Å². The molecule has 9 heteroatoms. The lowest BCUT2D eigenvalue weighted by Gasteiger charge is -2.31. The van der Waals surface area contributed by atoms with Crippen molar-refractivity contribution in [3.63, 3.8) is 0 Å². The number of hydrogen-bond acceptors (Lipinski definition) is 5. The average molecular weight is 486 g/mol. The van der Waals surface area contributed by atoms with Crippen LogP contribution in [0.5, 0.6) is 0 Å². The van der Waals surface area contributed by atoms with E-state index in [0.29, 0.717) is 44.4 Å². The molecule has 0 aliphatic carbocycles. The van der Waals surface area contributed by atoms with E-state index in [4.69, 9.17) is 4.42 Å². The smallest absolute Gasteiger partial charge is 0.408 e. The third-order valence-corrected chi connectivity index (χ3v) is 8.17. The van der Waals surface area contributed by atoms with Gasteiger partial charge in [-0.1, -0.05) is 13.0 Å². The largest absolute Gasteiger partial charge is 0.419 e. The van der Waals surface area contributed by atoms with Gasteiger partial charge in [-0.25, -0.2) is 13.2 Å². The summed E-state index contributed by atoms with van der Waals surface area (Å²) in [7, 11) is -3.72. The minimum Gasteiger partial charge on any atom is -0.408 e. The van der Waals surface area contributed by atoms with Crippen molar-refractivity contribution in [3.05, 3.63) is 58.1 Å². The van der Waals surface area contributed by atoms with Crippen LogP contribution in [0, 0.1) is 19.8 Å². The maximum absolute atomic E-state index is 13.2. The normalized spacial score (nSPS) is 15.6. The summed E-state index contributed by atoms with van der Waals surface area (Å²) in [5.74, 6) is -0.407. The predicted molar refractivity (Wildman–Crippen MR) is 131 cm³/mol. The van der Waals surface area contributed by atoms with Crippen LogP contribution in [0.15, 0.2) is 50.5 Å². The first-order valence-electron chi connectivity index (χ1n) is 11.7. The quantitative estimate of drug-likeness (QED) is 0.544. The fraction of sp³-hybridized carbons (Fsp3) is 0.440. The zero-order valence-electron chi connectivity index (χ0n) is 19.8. The first kappa shape index (κ1) is 24.2. The SMILES string of the molecule is CCCn1c(=O)oc2cc(S(=O)(=O)N3CCC(CC(=O)Nc4cc(C)cc(C)c4)CC3)ccc21. The number of oxazole rings is 1. The van der Waals surface area contributed by atoms with E-state index in [1.807, 2.05) is 32.9 Å². The average Bonchev–Trinajstić information content (AvgIpc) is 3.08. The van der Waals surface area contributed by atoms with Crippen LogP contribution in [0.25, 0.3) is 11.1 Å². The molecule has 34 heavy (non-hydrogen) atoms. The summed E-state index contributed by atoms with van der Waals surface area (Å²) in [5.41, 5.74) is 3.84. The molecular formula is C25H31N3O5S. The highest BCUT2D eigenvalue weighted by Crippen LogP contribution is 2.28. The molecule has 1 fully saturated rings. The van der Waals surface area contributed by atoms with Crippen molar-refractivity contribution in [2.75, 3.05) is 18.4 Å². The molecule has 8 nitrogen and oxygen atoms in total. The Hall–Kier alpha value is -2.91. The van der Waals surface area contributed by atoms with Gasteiger partial charge in [-0.3, -0.25) is 9.36 Å². The Balaban J connectivity index is 1.39. The van der Waals surface area contributed by atoms with Gasteiger partial charge in [0.25, 0.3) is 0 Å². The lowest BCUT2D eigenvalue weighted by atomic mass is 9.94. The van der Waals surface area contributed by atoms with E-state index in [9.17, 15) is 18.0 Å². The lowest BCUT2D eigenvalue weighted by molar-refractivity contribution is -0.117. The molecule has 3 aromatic rings. The number of amides is 1. The minimum atomic E-state index is -3.72. The maximum Gasteiger partial charge on any atom is 0.419 e. The van der Waals surface area contributed by atoms with Crippen molar-refractivity contribution < 1.29 is 17.6 Å². The molecule has 182 valence electrons. The number of aryl methyl sites for hydroxylation is 3. The fourth-order valence-electron chi connectivity index (χ4n) is 4.67. The molecule has 0 unspecified atom stereocenters. The van der Waals surface area contributed by atoms with Crippen LogP contribution in [0.4, 0.5) is 5.69 Å². The molecule has 0 bridgehead atoms. The summed E-state index contributed by atoms with van der Waals surface area (Å²) in [4.78, 5) is 24.7. The van der Waals surface area contributed by atoms with Gasteiger partial charge in [-0.15, -0.1) is 0 Å². The molecule has 0 atom stereocenters. The molecule has 4 rings (SSSR count). The Labute approximate surface area is 199 Å². The number of sulfonamides is 1. The lowest BCUT2D eigenvalue weighted by Crippen LogP contribution is -2.39. The van der Waals surface area contributed by atoms with Gasteiger partial charge in [-0.05, 0) is 74.4 Å². The van der Waals surface area contributed by atoms with Crippen LogP contribution in [0.2, 0.25) is 0 Å². The fourth-order valence-corrected chi connectivity index (χ4v) is 6.15. The molecule has 2 heterocycles. The van der Waals surface area contributed by atoms with Crippen LogP contribution in [0.1, 0.15) is 43.7 Å². The molecule has 1 amide bonds. The van der Waals surface area contributed by atoms with Crippen LogP contribution in [0.3, 0.4) is 0 Å². The predicted octanol–water partition coefficient (Wildman–Crippen LogP) is 4.05. The first-order valence-corrected chi connectivity index (χ1v) is 13.1. The number of nitrogens with one attached hydrogen (secondary N) is 1. The van der Waals surface area contributed by atoms with Gasteiger partial charge in [-0.2, -0.15) is 4.31 Å². The Bertz CT molecular complexity index is 1340. The highest BCUT2D eigenvalue weighted by atomic mass is 32.2. The standard InChI is InChI=1S/C25H31N3O5S/c1-4-9-28-22-6-5-21(16-23(22)33-25(28)30)34(31,32)27-10-7-19(8-11-27)15-24(29)26-20-13-17(2)12-18(3)14-20/h5-6,12-14,16,19H,4,7-11,15H2,1-3H3,(H,26,29). The number of hydrogen-bond donors (Lipinski definition) is 1. The van der Waals surface area contributed by atoms with Crippen molar-refractivity contribution in [3.8, 4) is 0 Å². The van der Waals surface area contributed by atoms with Crippen molar-refractivity contribution in [1.29, 1.82) is 0 Å². The van der Waals surface area contributed by atoms with E-state index in [1.54, 1.807) is 6.07 Å². The van der Waals surface area contributed by atoms with Gasteiger partial charge in [0.15, 0.2) is 5.58 Å². The first-order chi connectivity index (χ1) is 16.2. The molecule has 1 aliphatic rings. The maximum atomic E-state index is 13.2. The molecule has 0 radical (unpaired) electrons. The number of nitrogens with zero attached hydrogens (tertiary/aromatic N) is 2. The van der Waals surface area contributed by atoms with Crippen molar-refractivity contribution in [2.24, 2.45) is 5.92 Å². The van der Waals surface area contributed by atoms with Gasteiger partial charge < -0.3 is 9.73 Å². The second-order valence-electron chi connectivity index (χ2n) is 9.13. The van der Waals surface area contributed by atoms with Gasteiger partial charge in [0.1, 0.15) is 0 Å². The Kier molecular flexibility index (Phi) is 6.95. The molecule has 2 aromatic carbocycles. The number of piperidine rings is 1. The van der Waals surface area contributed by atoms with E-state index in [-0.39, 0.29) is 22.3 Å². The zero-order valence-corrected chi connectivity index (χ0v) is 20.7. The Morgan fingerprint density at radius 3 is 2.41 bits per heavy atom. The van der Waals surface area contributed by atoms with E-state index in [0.717, 1.165) is 23.2 Å². The zero-order chi connectivity index (χ0) is 24.5. The number of anilines is 1.